The zero-order chi connectivity index (χ0) is 12.8. The second-order valence-electron chi connectivity index (χ2n) is 3.60. The summed E-state index contributed by atoms with van der Waals surface area (Å²) in [6.45, 7) is 3.90. The van der Waals surface area contributed by atoms with Gasteiger partial charge in [0.2, 0.25) is 5.91 Å². The van der Waals surface area contributed by atoms with Crippen molar-refractivity contribution in [3.63, 3.8) is 0 Å². The number of rotatable bonds is 3. The van der Waals surface area contributed by atoms with Gasteiger partial charge >= 0.3 is 6.03 Å². The van der Waals surface area contributed by atoms with Crippen LogP contribution in [0.4, 0.5) is 10.5 Å². The topological polar surface area (TPSA) is 58.2 Å². The van der Waals surface area contributed by atoms with E-state index in [1.807, 2.05) is 32.0 Å². The molecule has 0 atom stereocenters. The quantitative estimate of drug-likeness (QED) is 0.814. The van der Waals surface area contributed by atoms with Crippen molar-refractivity contribution >= 4 is 29.2 Å². The summed E-state index contributed by atoms with van der Waals surface area (Å²) in [5.41, 5.74) is 2.73. The predicted octanol–water partition coefficient (Wildman–Crippen LogP) is 2.44. The lowest BCUT2D eigenvalue weighted by Crippen LogP contribution is -2.35. The number of carbonyl (C=O) groups excluding carboxylic acids is 2. The lowest BCUT2D eigenvalue weighted by atomic mass is 10.1. The summed E-state index contributed by atoms with van der Waals surface area (Å²) in [6, 6.07) is 5.21. The summed E-state index contributed by atoms with van der Waals surface area (Å²) in [5, 5.41) is 4.80. The van der Waals surface area contributed by atoms with E-state index in [4.69, 9.17) is 11.6 Å². The zero-order valence-electron chi connectivity index (χ0n) is 9.84. The molecule has 1 aromatic rings. The molecule has 0 aromatic heterocycles. The normalized spacial score (nSPS) is 9.82. The minimum Gasteiger partial charge on any atom is -0.307 e. The number of aryl methyl sites for hydroxylation is 2. The van der Waals surface area contributed by atoms with E-state index in [1.165, 1.54) is 0 Å². The summed E-state index contributed by atoms with van der Waals surface area (Å²) in [4.78, 5) is 22.4. The molecule has 0 aliphatic rings. The molecule has 0 heterocycles. The number of urea groups is 1. The fourth-order valence-electron chi connectivity index (χ4n) is 1.51. The Morgan fingerprint density at radius 1 is 1.35 bits per heavy atom. The Kier molecular flexibility index (Phi) is 4.97. The van der Waals surface area contributed by atoms with Gasteiger partial charge in [0.15, 0.2) is 0 Å². The fourth-order valence-corrected chi connectivity index (χ4v) is 1.57. The van der Waals surface area contributed by atoms with Crippen molar-refractivity contribution in [1.29, 1.82) is 0 Å². The number of hydrogen-bond acceptors (Lipinski definition) is 2. The molecule has 0 aliphatic carbocycles. The molecule has 0 spiro atoms. The molecule has 0 aliphatic heterocycles. The van der Waals surface area contributed by atoms with Crippen molar-refractivity contribution in [2.45, 2.75) is 20.3 Å². The summed E-state index contributed by atoms with van der Waals surface area (Å²) >= 11 is 5.30. The van der Waals surface area contributed by atoms with Crippen LogP contribution in [0.25, 0.3) is 0 Å². The molecule has 4 nitrogen and oxygen atoms in total. The third kappa shape index (κ3) is 3.75. The Bertz CT molecular complexity index is 433. The standard InChI is InChI=1S/C12H15ClN2O2/c1-3-9-6-4-5-8(2)11(9)15-12(17)14-10(16)7-13/h4-6H,3,7H2,1-2H3,(H2,14,15,16,17). The van der Waals surface area contributed by atoms with Gasteiger partial charge in [-0.1, -0.05) is 25.1 Å². The molecule has 0 saturated carbocycles. The Balaban J connectivity index is 2.80. The maximum atomic E-state index is 11.5. The molecule has 0 radical (unpaired) electrons. The van der Waals surface area contributed by atoms with E-state index in [1.54, 1.807) is 0 Å². The van der Waals surface area contributed by atoms with E-state index in [0.29, 0.717) is 0 Å². The average molecular weight is 255 g/mol. The van der Waals surface area contributed by atoms with Crippen LogP contribution in [0.1, 0.15) is 18.1 Å². The van der Waals surface area contributed by atoms with E-state index in [2.05, 4.69) is 10.6 Å². The van der Waals surface area contributed by atoms with E-state index >= 15 is 0 Å². The molecular weight excluding hydrogens is 240 g/mol. The van der Waals surface area contributed by atoms with Crippen molar-refractivity contribution in [1.82, 2.24) is 5.32 Å². The number of alkyl halides is 1. The average Bonchev–Trinajstić information content (AvgIpc) is 2.31. The van der Waals surface area contributed by atoms with E-state index in [0.717, 1.165) is 23.2 Å². The molecule has 92 valence electrons. The molecule has 3 amide bonds. The van der Waals surface area contributed by atoms with Crippen LogP contribution in [0, 0.1) is 6.92 Å². The molecule has 1 rings (SSSR count). The van der Waals surface area contributed by atoms with Crippen molar-refractivity contribution in [2.75, 3.05) is 11.2 Å². The number of hydrogen-bond donors (Lipinski definition) is 2. The van der Waals surface area contributed by atoms with Gasteiger partial charge in [0, 0.05) is 5.69 Å². The van der Waals surface area contributed by atoms with Gasteiger partial charge < -0.3 is 5.32 Å². The predicted molar refractivity (Wildman–Crippen MR) is 68.4 cm³/mol. The number of carbonyl (C=O) groups is 2. The Morgan fingerprint density at radius 2 is 2.06 bits per heavy atom. The number of benzene rings is 1. The Morgan fingerprint density at radius 3 is 2.65 bits per heavy atom. The highest BCUT2D eigenvalue weighted by Crippen LogP contribution is 2.20. The number of amides is 3. The van der Waals surface area contributed by atoms with Crippen molar-refractivity contribution in [3.05, 3.63) is 29.3 Å². The maximum absolute atomic E-state index is 11.5. The van der Waals surface area contributed by atoms with Gasteiger partial charge in [-0.3, -0.25) is 10.1 Å². The molecule has 0 bridgehead atoms. The zero-order valence-corrected chi connectivity index (χ0v) is 10.6. The maximum Gasteiger partial charge on any atom is 0.325 e. The fraction of sp³-hybridized carbons (Fsp3) is 0.333. The van der Waals surface area contributed by atoms with Crippen molar-refractivity contribution in [2.24, 2.45) is 0 Å². The molecule has 1 aromatic carbocycles. The molecule has 17 heavy (non-hydrogen) atoms. The van der Waals surface area contributed by atoms with E-state index in [-0.39, 0.29) is 5.88 Å². The smallest absolute Gasteiger partial charge is 0.307 e. The van der Waals surface area contributed by atoms with Crippen LogP contribution < -0.4 is 10.6 Å². The number of halogens is 1. The second-order valence-corrected chi connectivity index (χ2v) is 3.87. The van der Waals surface area contributed by atoms with Crippen LogP contribution in [0.2, 0.25) is 0 Å². The third-order valence-corrected chi connectivity index (χ3v) is 2.60. The van der Waals surface area contributed by atoms with Gasteiger partial charge in [0.1, 0.15) is 5.88 Å². The molecular formula is C12H15ClN2O2. The van der Waals surface area contributed by atoms with Gasteiger partial charge in [-0.05, 0) is 24.5 Å². The van der Waals surface area contributed by atoms with Gasteiger partial charge in [-0.25, -0.2) is 4.79 Å². The molecule has 0 fully saturated rings. The van der Waals surface area contributed by atoms with Gasteiger partial charge in [-0.2, -0.15) is 0 Å². The number of nitrogens with one attached hydrogen (secondary N) is 2. The van der Waals surface area contributed by atoms with Gasteiger partial charge in [-0.15, -0.1) is 11.6 Å². The van der Waals surface area contributed by atoms with Gasteiger partial charge in [0.05, 0.1) is 0 Å². The highest BCUT2D eigenvalue weighted by atomic mass is 35.5. The van der Waals surface area contributed by atoms with E-state index in [9.17, 15) is 9.59 Å². The monoisotopic (exact) mass is 254 g/mol. The number of anilines is 1. The lowest BCUT2D eigenvalue weighted by Gasteiger charge is -2.12. The number of para-hydroxylation sites is 1. The summed E-state index contributed by atoms with van der Waals surface area (Å²) in [5.74, 6) is -0.752. The van der Waals surface area contributed by atoms with Gasteiger partial charge in [0.25, 0.3) is 0 Å². The molecule has 5 heteroatoms. The van der Waals surface area contributed by atoms with Crippen LogP contribution in [0.15, 0.2) is 18.2 Å². The van der Waals surface area contributed by atoms with Crippen LogP contribution >= 0.6 is 11.6 Å². The summed E-state index contributed by atoms with van der Waals surface area (Å²) < 4.78 is 0. The second kappa shape index (κ2) is 6.25. The van der Waals surface area contributed by atoms with Crippen LogP contribution in [0.5, 0.6) is 0 Å². The van der Waals surface area contributed by atoms with Crippen LogP contribution in [-0.2, 0) is 11.2 Å². The molecule has 2 N–H and O–H groups in total. The highest BCUT2D eigenvalue weighted by molar-refractivity contribution is 6.28. The lowest BCUT2D eigenvalue weighted by molar-refractivity contribution is -0.117. The first kappa shape index (κ1) is 13.5. The first-order valence-corrected chi connectivity index (χ1v) is 5.87. The first-order valence-electron chi connectivity index (χ1n) is 5.33. The van der Waals surface area contributed by atoms with Crippen LogP contribution in [-0.4, -0.2) is 17.8 Å². The summed E-state index contributed by atoms with van der Waals surface area (Å²) in [6.07, 6.45) is 0.806. The third-order valence-electron chi connectivity index (χ3n) is 2.35. The van der Waals surface area contributed by atoms with E-state index < -0.39 is 11.9 Å². The molecule has 0 unspecified atom stereocenters. The Hall–Kier alpha value is -1.55. The largest absolute Gasteiger partial charge is 0.325 e. The van der Waals surface area contributed by atoms with Crippen LogP contribution in [0.3, 0.4) is 0 Å². The SMILES string of the molecule is CCc1cccc(C)c1NC(=O)NC(=O)CCl. The minimum atomic E-state index is -0.556. The van der Waals surface area contributed by atoms with Crippen molar-refractivity contribution in [3.8, 4) is 0 Å². The molecule has 0 saturated heterocycles. The first-order chi connectivity index (χ1) is 8.08. The summed E-state index contributed by atoms with van der Waals surface area (Å²) in [7, 11) is 0. The van der Waals surface area contributed by atoms with Crippen molar-refractivity contribution < 1.29 is 9.59 Å². The Labute approximate surface area is 105 Å². The minimum absolute atomic E-state index is 0.234. The number of imide groups is 1. The highest BCUT2D eigenvalue weighted by Gasteiger charge is 2.10.